The molecule has 0 bridgehead atoms. The van der Waals surface area contributed by atoms with Gasteiger partial charge in [-0.05, 0) is 37.1 Å². The van der Waals surface area contributed by atoms with Gasteiger partial charge in [0.05, 0.1) is 4.92 Å². The zero-order valence-electron chi connectivity index (χ0n) is 12.3. The zero-order chi connectivity index (χ0) is 16.6. The molecule has 0 fully saturated rings. The Balaban J connectivity index is 1.85. The Morgan fingerprint density at radius 2 is 2.09 bits per heavy atom. The number of hydrogen-bond donors (Lipinski definition) is 1. The van der Waals surface area contributed by atoms with E-state index in [2.05, 4.69) is 5.32 Å². The van der Waals surface area contributed by atoms with E-state index in [0.717, 1.165) is 17.7 Å². The smallest absolute Gasteiger partial charge is 0.307 e. The number of benzene rings is 2. The van der Waals surface area contributed by atoms with Gasteiger partial charge in [-0.1, -0.05) is 29.8 Å². The summed E-state index contributed by atoms with van der Waals surface area (Å²) in [4.78, 5) is 24.6. The number of para-hydroxylation sites is 1. The van der Waals surface area contributed by atoms with E-state index in [1.54, 1.807) is 11.0 Å². The summed E-state index contributed by atoms with van der Waals surface area (Å²) < 4.78 is 0. The van der Waals surface area contributed by atoms with E-state index in [0.29, 0.717) is 5.69 Å². The van der Waals surface area contributed by atoms with Crippen molar-refractivity contribution < 1.29 is 9.72 Å². The molecule has 1 unspecified atom stereocenters. The quantitative estimate of drug-likeness (QED) is 0.660. The van der Waals surface area contributed by atoms with E-state index in [-0.39, 0.29) is 22.8 Å². The molecular weight excluding hydrogens is 318 g/mol. The Bertz CT molecular complexity index is 794. The number of nitrogens with one attached hydrogen (secondary N) is 1. The Labute approximate surface area is 137 Å². The van der Waals surface area contributed by atoms with Crippen LogP contribution in [-0.2, 0) is 6.42 Å². The van der Waals surface area contributed by atoms with Crippen molar-refractivity contribution in [3.8, 4) is 0 Å². The van der Waals surface area contributed by atoms with E-state index >= 15 is 0 Å². The minimum atomic E-state index is -0.578. The van der Waals surface area contributed by atoms with Crippen LogP contribution in [-0.4, -0.2) is 17.0 Å². The van der Waals surface area contributed by atoms with Gasteiger partial charge in [0.2, 0.25) is 0 Å². The third-order valence-corrected chi connectivity index (χ3v) is 4.14. The summed E-state index contributed by atoms with van der Waals surface area (Å²) in [7, 11) is 0. The molecule has 0 saturated carbocycles. The van der Waals surface area contributed by atoms with Gasteiger partial charge in [-0.25, -0.2) is 4.79 Å². The van der Waals surface area contributed by atoms with Crippen LogP contribution < -0.4 is 10.2 Å². The molecule has 1 aliphatic heterocycles. The standard InChI is InChI=1S/C16H14ClN3O3/c1-10-8-11-4-2-3-5-14(11)19(10)16(21)18-12-6-7-13(17)15(9-12)20(22)23/h2-7,9-10H,8H2,1H3,(H,18,21). The third kappa shape index (κ3) is 2.85. The first-order valence-electron chi connectivity index (χ1n) is 7.09. The molecule has 1 aliphatic rings. The lowest BCUT2D eigenvalue weighted by Gasteiger charge is -2.23. The van der Waals surface area contributed by atoms with Gasteiger partial charge in [0.1, 0.15) is 5.02 Å². The van der Waals surface area contributed by atoms with Gasteiger partial charge >= 0.3 is 6.03 Å². The fourth-order valence-corrected chi connectivity index (χ4v) is 2.98. The van der Waals surface area contributed by atoms with Gasteiger partial charge in [0, 0.05) is 23.5 Å². The summed E-state index contributed by atoms with van der Waals surface area (Å²) in [6.45, 7) is 1.96. The normalized spacial score (nSPS) is 16.1. The van der Waals surface area contributed by atoms with Gasteiger partial charge in [-0.2, -0.15) is 0 Å². The van der Waals surface area contributed by atoms with Crippen molar-refractivity contribution >= 4 is 34.7 Å². The van der Waals surface area contributed by atoms with Crippen LogP contribution in [0.3, 0.4) is 0 Å². The first-order chi connectivity index (χ1) is 11.0. The Hall–Kier alpha value is -2.60. The Morgan fingerprint density at radius 1 is 1.35 bits per heavy atom. The molecule has 2 amide bonds. The van der Waals surface area contributed by atoms with Crippen LogP contribution in [0.15, 0.2) is 42.5 Å². The number of amides is 2. The maximum absolute atomic E-state index is 12.6. The van der Waals surface area contributed by atoms with Crippen molar-refractivity contribution in [1.82, 2.24) is 0 Å². The van der Waals surface area contributed by atoms with Gasteiger partial charge in [-0.15, -0.1) is 0 Å². The van der Waals surface area contributed by atoms with Crippen molar-refractivity contribution in [3.05, 3.63) is 63.2 Å². The number of halogens is 1. The highest BCUT2D eigenvalue weighted by Crippen LogP contribution is 2.33. The number of urea groups is 1. The lowest BCUT2D eigenvalue weighted by Crippen LogP contribution is -2.39. The van der Waals surface area contributed by atoms with Crippen molar-refractivity contribution in [1.29, 1.82) is 0 Å². The van der Waals surface area contributed by atoms with Crippen LogP contribution in [0.1, 0.15) is 12.5 Å². The Morgan fingerprint density at radius 3 is 2.83 bits per heavy atom. The van der Waals surface area contributed by atoms with E-state index < -0.39 is 4.92 Å². The first-order valence-corrected chi connectivity index (χ1v) is 7.47. The second-order valence-corrected chi connectivity index (χ2v) is 5.81. The molecule has 0 spiro atoms. The molecule has 1 heterocycles. The minimum Gasteiger partial charge on any atom is -0.307 e. The number of nitrogens with zero attached hydrogens (tertiary/aromatic N) is 2. The number of nitro groups is 1. The van der Waals surface area contributed by atoms with E-state index in [9.17, 15) is 14.9 Å². The van der Waals surface area contributed by atoms with Crippen molar-refractivity contribution in [2.24, 2.45) is 0 Å². The minimum absolute atomic E-state index is 0.0229. The monoisotopic (exact) mass is 331 g/mol. The predicted molar refractivity (Wildman–Crippen MR) is 89.2 cm³/mol. The summed E-state index contributed by atoms with van der Waals surface area (Å²) in [5.41, 5.74) is 2.07. The number of hydrogen-bond acceptors (Lipinski definition) is 3. The van der Waals surface area contributed by atoms with Crippen LogP contribution in [0.2, 0.25) is 5.02 Å². The average Bonchev–Trinajstić information content (AvgIpc) is 2.84. The molecule has 1 N–H and O–H groups in total. The molecule has 0 saturated heterocycles. The number of fused-ring (bicyclic) bond motifs is 1. The lowest BCUT2D eigenvalue weighted by atomic mass is 10.1. The number of rotatable bonds is 2. The van der Waals surface area contributed by atoms with E-state index in [1.165, 1.54) is 12.1 Å². The van der Waals surface area contributed by atoms with Crippen LogP contribution >= 0.6 is 11.6 Å². The number of carbonyl (C=O) groups is 1. The number of anilines is 2. The zero-order valence-corrected chi connectivity index (χ0v) is 13.1. The molecule has 0 aromatic heterocycles. The second-order valence-electron chi connectivity index (χ2n) is 5.41. The van der Waals surface area contributed by atoms with Crippen molar-refractivity contribution in [3.63, 3.8) is 0 Å². The van der Waals surface area contributed by atoms with Gasteiger partial charge in [0.25, 0.3) is 5.69 Å². The van der Waals surface area contributed by atoms with Gasteiger partial charge < -0.3 is 5.32 Å². The van der Waals surface area contributed by atoms with Crippen LogP contribution in [0.25, 0.3) is 0 Å². The van der Waals surface area contributed by atoms with E-state index in [4.69, 9.17) is 11.6 Å². The fourth-order valence-electron chi connectivity index (χ4n) is 2.79. The van der Waals surface area contributed by atoms with Crippen molar-refractivity contribution in [2.45, 2.75) is 19.4 Å². The SMILES string of the molecule is CC1Cc2ccccc2N1C(=O)Nc1ccc(Cl)c([N+](=O)[O-])c1. The third-order valence-electron chi connectivity index (χ3n) is 3.82. The van der Waals surface area contributed by atoms with E-state index in [1.807, 2.05) is 31.2 Å². The highest BCUT2D eigenvalue weighted by Gasteiger charge is 2.30. The predicted octanol–water partition coefficient (Wildman–Crippen LogP) is 4.23. The summed E-state index contributed by atoms with van der Waals surface area (Å²) in [5, 5.41) is 13.7. The maximum Gasteiger partial charge on any atom is 0.326 e. The molecule has 1 atom stereocenters. The van der Waals surface area contributed by atoms with Crippen LogP contribution in [0.4, 0.5) is 21.9 Å². The second kappa shape index (κ2) is 5.89. The summed E-state index contributed by atoms with van der Waals surface area (Å²) in [6, 6.07) is 11.6. The summed E-state index contributed by atoms with van der Waals surface area (Å²) >= 11 is 5.78. The number of nitro benzene ring substituents is 1. The fraction of sp³-hybridized carbons (Fsp3) is 0.188. The molecule has 7 heteroatoms. The molecule has 2 aromatic rings. The van der Waals surface area contributed by atoms with Crippen LogP contribution in [0, 0.1) is 10.1 Å². The van der Waals surface area contributed by atoms with Crippen LogP contribution in [0.5, 0.6) is 0 Å². The molecular formula is C16H14ClN3O3. The molecule has 3 rings (SSSR count). The molecule has 118 valence electrons. The topological polar surface area (TPSA) is 75.5 Å². The average molecular weight is 332 g/mol. The largest absolute Gasteiger partial charge is 0.326 e. The number of carbonyl (C=O) groups excluding carboxylic acids is 1. The Kier molecular flexibility index (Phi) is 3.92. The molecule has 0 aliphatic carbocycles. The first kappa shape index (κ1) is 15.3. The molecule has 23 heavy (non-hydrogen) atoms. The summed E-state index contributed by atoms with van der Waals surface area (Å²) in [5.74, 6) is 0. The molecule has 0 radical (unpaired) electrons. The highest BCUT2D eigenvalue weighted by atomic mass is 35.5. The highest BCUT2D eigenvalue weighted by molar-refractivity contribution is 6.32. The molecule has 6 nitrogen and oxygen atoms in total. The van der Waals surface area contributed by atoms with Crippen molar-refractivity contribution in [2.75, 3.05) is 10.2 Å². The lowest BCUT2D eigenvalue weighted by molar-refractivity contribution is -0.384. The maximum atomic E-state index is 12.6. The van der Waals surface area contributed by atoms with Gasteiger partial charge in [-0.3, -0.25) is 15.0 Å². The van der Waals surface area contributed by atoms with Gasteiger partial charge in [0.15, 0.2) is 0 Å². The summed E-state index contributed by atoms with van der Waals surface area (Å²) in [6.07, 6.45) is 0.782. The molecule has 2 aromatic carbocycles.